The van der Waals surface area contributed by atoms with Gasteiger partial charge in [-0.3, -0.25) is 10.1 Å². The van der Waals surface area contributed by atoms with Crippen LogP contribution >= 0.6 is 0 Å². The van der Waals surface area contributed by atoms with E-state index in [0.717, 1.165) is 28.3 Å². The molecule has 0 heterocycles. The lowest BCUT2D eigenvalue weighted by molar-refractivity contribution is -0.384. The Morgan fingerprint density at radius 1 is 1.13 bits per heavy atom. The van der Waals surface area contributed by atoms with Crippen LogP contribution in [0.25, 0.3) is 0 Å². The van der Waals surface area contributed by atoms with Crippen LogP contribution in [0, 0.1) is 17.0 Å². The van der Waals surface area contributed by atoms with Crippen molar-refractivity contribution in [1.82, 2.24) is 0 Å². The van der Waals surface area contributed by atoms with E-state index in [1.165, 1.54) is 6.07 Å². The van der Waals surface area contributed by atoms with Crippen molar-refractivity contribution < 1.29 is 14.4 Å². The third-order valence-corrected chi connectivity index (χ3v) is 3.70. The summed E-state index contributed by atoms with van der Waals surface area (Å²) in [7, 11) is 3.22. The fraction of sp³-hybridized carbons (Fsp3) is 0.294. The minimum atomic E-state index is -0.396. The quantitative estimate of drug-likeness (QED) is 0.641. The van der Waals surface area contributed by atoms with E-state index in [2.05, 4.69) is 5.32 Å². The van der Waals surface area contributed by atoms with E-state index in [9.17, 15) is 10.1 Å². The van der Waals surface area contributed by atoms with Gasteiger partial charge in [-0.15, -0.1) is 0 Å². The number of nitro benzene ring substituents is 1. The van der Waals surface area contributed by atoms with Gasteiger partial charge < -0.3 is 14.8 Å². The molecule has 23 heavy (non-hydrogen) atoms. The van der Waals surface area contributed by atoms with Crippen LogP contribution in [0.1, 0.15) is 24.1 Å². The van der Waals surface area contributed by atoms with Gasteiger partial charge in [-0.2, -0.15) is 0 Å². The molecule has 2 rings (SSSR count). The topological polar surface area (TPSA) is 73.6 Å². The van der Waals surface area contributed by atoms with E-state index in [0.29, 0.717) is 0 Å². The number of nitro groups is 1. The lowest BCUT2D eigenvalue weighted by atomic mass is 10.1. The summed E-state index contributed by atoms with van der Waals surface area (Å²) in [6, 6.07) is 10.4. The molecule has 0 aliphatic rings. The van der Waals surface area contributed by atoms with Gasteiger partial charge in [-0.1, -0.05) is 0 Å². The molecule has 0 saturated carbocycles. The van der Waals surface area contributed by atoms with Crippen molar-refractivity contribution in [2.24, 2.45) is 0 Å². The number of non-ortho nitro benzene ring substituents is 1. The molecule has 0 bridgehead atoms. The summed E-state index contributed by atoms with van der Waals surface area (Å²) in [5.74, 6) is 1.45. The third kappa shape index (κ3) is 3.71. The number of ether oxygens (including phenoxy) is 2. The predicted octanol–water partition coefficient (Wildman–Crippen LogP) is 4.09. The molecule has 1 unspecified atom stereocenters. The summed E-state index contributed by atoms with van der Waals surface area (Å²) in [5.41, 5.74) is 2.73. The number of anilines is 1. The molecular weight excluding hydrogens is 296 g/mol. The molecule has 1 N–H and O–H groups in total. The Balaban J connectivity index is 2.25. The Morgan fingerprint density at radius 2 is 1.87 bits per heavy atom. The Hall–Kier alpha value is -2.76. The van der Waals surface area contributed by atoms with Gasteiger partial charge in [0.2, 0.25) is 0 Å². The summed E-state index contributed by atoms with van der Waals surface area (Å²) in [6.45, 7) is 3.85. The molecule has 0 aliphatic heterocycles. The maximum Gasteiger partial charge on any atom is 0.269 e. The number of aryl methyl sites for hydroxylation is 1. The van der Waals surface area contributed by atoms with Gasteiger partial charge in [0.05, 0.1) is 25.2 Å². The summed E-state index contributed by atoms with van der Waals surface area (Å²) in [6.07, 6.45) is 0. The lowest BCUT2D eigenvalue weighted by Gasteiger charge is -2.20. The molecule has 0 aliphatic carbocycles. The van der Waals surface area contributed by atoms with Crippen LogP contribution in [0.15, 0.2) is 36.4 Å². The van der Waals surface area contributed by atoms with Gasteiger partial charge in [-0.25, -0.2) is 0 Å². The highest BCUT2D eigenvalue weighted by Gasteiger charge is 2.14. The first-order valence-electron chi connectivity index (χ1n) is 7.19. The molecular formula is C17H20N2O4. The highest BCUT2D eigenvalue weighted by molar-refractivity contribution is 5.57. The molecule has 0 amide bonds. The Morgan fingerprint density at radius 3 is 2.43 bits per heavy atom. The highest BCUT2D eigenvalue weighted by Crippen LogP contribution is 2.32. The largest absolute Gasteiger partial charge is 0.497 e. The first-order chi connectivity index (χ1) is 11.0. The van der Waals surface area contributed by atoms with Crippen molar-refractivity contribution >= 4 is 11.4 Å². The van der Waals surface area contributed by atoms with Crippen LogP contribution in [-0.4, -0.2) is 19.1 Å². The van der Waals surface area contributed by atoms with Gasteiger partial charge in [0, 0.05) is 29.4 Å². The Labute approximate surface area is 135 Å². The second-order valence-corrected chi connectivity index (χ2v) is 5.23. The fourth-order valence-electron chi connectivity index (χ4n) is 2.41. The molecule has 0 radical (unpaired) electrons. The molecule has 122 valence electrons. The fourth-order valence-corrected chi connectivity index (χ4v) is 2.41. The van der Waals surface area contributed by atoms with Crippen LogP contribution in [0.4, 0.5) is 11.4 Å². The normalized spacial score (nSPS) is 11.7. The smallest absolute Gasteiger partial charge is 0.269 e. The lowest BCUT2D eigenvalue weighted by Crippen LogP contribution is -2.09. The number of nitrogens with one attached hydrogen (secondary N) is 1. The minimum Gasteiger partial charge on any atom is -0.497 e. The second kappa shape index (κ2) is 7.00. The van der Waals surface area contributed by atoms with Crippen molar-refractivity contribution in [3.63, 3.8) is 0 Å². The molecule has 0 aromatic heterocycles. The molecule has 0 fully saturated rings. The van der Waals surface area contributed by atoms with Gasteiger partial charge in [0.25, 0.3) is 5.69 Å². The molecule has 1 atom stereocenters. The number of benzene rings is 2. The zero-order valence-electron chi connectivity index (χ0n) is 13.6. The van der Waals surface area contributed by atoms with Gasteiger partial charge >= 0.3 is 0 Å². The van der Waals surface area contributed by atoms with Gasteiger partial charge in [0.15, 0.2) is 0 Å². The van der Waals surface area contributed by atoms with Gasteiger partial charge in [0.1, 0.15) is 11.5 Å². The van der Waals surface area contributed by atoms with Crippen molar-refractivity contribution in [3.8, 4) is 11.5 Å². The molecule has 2 aromatic carbocycles. The zero-order chi connectivity index (χ0) is 17.0. The van der Waals surface area contributed by atoms with Crippen molar-refractivity contribution in [2.45, 2.75) is 19.9 Å². The number of hydrogen-bond acceptors (Lipinski definition) is 5. The molecule has 6 nitrogen and oxygen atoms in total. The molecule has 6 heteroatoms. The van der Waals surface area contributed by atoms with E-state index < -0.39 is 4.92 Å². The highest BCUT2D eigenvalue weighted by atomic mass is 16.6. The summed E-state index contributed by atoms with van der Waals surface area (Å²) in [5, 5.41) is 14.2. The van der Waals surface area contributed by atoms with Crippen molar-refractivity contribution in [1.29, 1.82) is 0 Å². The average molecular weight is 316 g/mol. The predicted molar refractivity (Wildman–Crippen MR) is 89.4 cm³/mol. The van der Waals surface area contributed by atoms with Gasteiger partial charge in [-0.05, 0) is 37.6 Å². The maximum absolute atomic E-state index is 10.8. The van der Waals surface area contributed by atoms with E-state index in [-0.39, 0.29) is 11.7 Å². The first kappa shape index (κ1) is 16.6. The SMILES string of the molecule is COc1ccc(C(C)Nc2ccc([N+](=O)[O-])cc2C)c(OC)c1. The monoisotopic (exact) mass is 316 g/mol. The van der Waals surface area contributed by atoms with Crippen LogP contribution in [-0.2, 0) is 0 Å². The van der Waals surface area contributed by atoms with Crippen molar-refractivity contribution in [2.75, 3.05) is 19.5 Å². The Kier molecular flexibility index (Phi) is 5.05. The second-order valence-electron chi connectivity index (χ2n) is 5.23. The van der Waals surface area contributed by atoms with Crippen LogP contribution in [0.2, 0.25) is 0 Å². The summed E-state index contributed by atoms with van der Waals surface area (Å²) >= 11 is 0. The van der Waals surface area contributed by atoms with E-state index in [1.807, 2.05) is 32.0 Å². The molecule has 2 aromatic rings. The van der Waals surface area contributed by atoms with E-state index in [4.69, 9.17) is 9.47 Å². The first-order valence-corrected chi connectivity index (χ1v) is 7.19. The van der Waals surface area contributed by atoms with E-state index in [1.54, 1.807) is 26.4 Å². The summed E-state index contributed by atoms with van der Waals surface area (Å²) in [4.78, 5) is 10.4. The number of methoxy groups -OCH3 is 2. The van der Waals surface area contributed by atoms with Crippen LogP contribution in [0.5, 0.6) is 11.5 Å². The number of hydrogen-bond donors (Lipinski definition) is 1. The Bertz CT molecular complexity index is 716. The minimum absolute atomic E-state index is 0.0315. The number of nitrogens with zero attached hydrogens (tertiary/aromatic N) is 1. The van der Waals surface area contributed by atoms with Crippen molar-refractivity contribution in [3.05, 3.63) is 57.6 Å². The third-order valence-electron chi connectivity index (χ3n) is 3.70. The number of rotatable bonds is 6. The van der Waals surface area contributed by atoms with Crippen LogP contribution in [0.3, 0.4) is 0 Å². The van der Waals surface area contributed by atoms with E-state index >= 15 is 0 Å². The standard InChI is InChI=1S/C17H20N2O4/c1-11-9-13(19(20)21)5-8-16(11)18-12(2)15-7-6-14(22-3)10-17(15)23-4/h5-10,12,18H,1-4H3. The maximum atomic E-state index is 10.8. The van der Waals surface area contributed by atoms with Crippen LogP contribution < -0.4 is 14.8 Å². The zero-order valence-corrected chi connectivity index (χ0v) is 13.6. The molecule has 0 saturated heterocycles. The summed E-state index contributed by atoms with van der Waals surface area (Å²) < 4.78 is 10.6. The average Bonchev–Trinajstić information content (AvgIpc) is 2.55. The molecule has 0 spiro atoms.